The Morgan fingerprint density at radius 1 is 0.912 bits per heavy atom. The first-order chi connectivity index (χ1) is 16.1. The Kier molecular flexibility index (Phi) is 7.77. The second kappa shape index (κ2) is 10.6. The van der Waals surface area contributed by atoms with Gasteiger partial charge < -0.3 is 14.9 Å². The van der Waals surface area contributed by atoms with Crippen molar-refractivity contribution in [1.82, 2.24) is 0 Å². The summed E-state index contributed by atoms with van der Waals surface area (Å²) in [6.45, 7) is 8.85. The minimum absolute atomic E-state index is 0.00818. The van der Waals surface area contributed by atoms with Crippen LogP contribution in [0.15, 0.2) is 66.7 Å². The van der Waals surface area contributed by atoms with Gasteiger partial charge in [-0.15, -0.1) is 0 Å². The predicted octanol–water partition coefficient (Wildman–Crippen LogP) is 6.90. The molecule has 0 spiro atoms. The third-order valence-corrected chi connectivity index (χ3v) is 6.02. The van der Waals surface area contributed by atoms with Gasteiger partial charge in [0, 0.05) is 0 Å². The number of carboxylic acid groups (broad SMARTS) is 2. The van der Waals surface area contributed by atoms with Crippen molar-refractivity contribution in [2.45, 2.75) is 58.5 Å². The van der Waals surface area contributed by atoms with Crippen LogP contribution in [0.1, 0.15) is 73.5 Å². The van der Waals surface area contributed by atoms with Crippen LogP contribution in [-0.2, 0) is 16.8 Å². The lowest BCUT2D eigenvalue weighted by atomic mass is 9.87. The fraction of sp³-hybridized carbons (Fsp3) is 0.310. The smallest absolute Gasteiger partial charge is 0.335 e. The van der Waals surface area contributed by atoms with Crippen molar-refractivity contribution in [2.24, 2.45) is 0 Å². The normalized spacial score (nSPS) is 12.2. The molecule has 2 N–H and O–H groups in total. The summed E-state index contributed by atoms with van der Waals surface area (Å²) in [5, 5.41) is 18.8. The average molecular weight is 461 g/mol. The molecule has 0 heterocycles. The zero-order chi connectivity index (χ0) is 24.9. The summed E-state index contributed by atoms with van der Waals surface area (Å²) in [5.41, 5.74) is 4.95. The molecule has 0 aliphatic rings. The maximum absolute atomic E-state index is 11.5. The van der Waals surface area contributed by atoms with Crippen molar-refractivity contribution in [3.8, 4) is 16.9 Å². The molecule has 178 valence electrons. The highest BCUT2D eigenvalue weighted by Gasteiger charge is 2.20. The first kappa shape index (κ1) is 25.0. The molecule has 0 aliphatic carbocycles. The van der Waals surface area contributed by atoms with Gasteiger partial charge in [0.1, 0.15) is 12.4 Å². The molecule has 0 saturated heterocycles. The number of hydrogen-bond acceptors (Lipinski definition) is 3. The molecule has 3 rings (SSSR count). The maximum Gasteiger partial charge on any atom is 0.335 e. The van der Waals surface area contributed by atoms with Crippen LogP contribution in [0.2, 0.25) is 0 Å². The molecule has 3 aromatic rings. The average Bonchev–Trinajstić information content (AvgIpc) is 2.81. The molecule has 0 fully saturated rings. The quantitative estimate of drug-likeness (QED) is 0.363. The van der Waals surface area contributed by atoms with Crippen LogP contribution < -0.4 is 4.74 Å². The second-order valence-corrected chi connectivity index (χ2v) is 9.58. The summed E-state index contributed by atoms with van der Waals surface area (Å²) >= 11 is 0. The van der Waals surface area contributed by atoms with E-state index in [1.54, 1.807) is 18.2 Å². The monoisotopic (exact) mass is 460 g/mol. The molecule has 34 heavy (non-hydrogen) atoms. The number of carboxylic acids is 2. The molecule has 5 heteroatoms. The number of hydrogen-bond donors (Lipinski definition) is 2. The molecule has 5 nitrogen and oxygen atoms in total. The number of benzene rings is 3. The standard InChI is InChI=1S/C29H32O5/c1-5-20(17-27(30)31)25-16-22(21-7-6-8-23(15-21)28(32)33)11-14-26(25)34-18-19-9-12-24(13-10-19)29(2,3)4/h6-16,20H,5,17-18H2,1-4H3,(H,30,31)(H,32,33). The van der Waals surface area contributed by atoms with E-state index < -0.39 is 11.9 Å². The van der Waals surface area contributed by atoms with Crippen molar-refractivity contribution in [1.29, 1.82) is 0 Å². The van der Waals surface area contributed by atoms with Crippen molar-refractivity contribution in [3.05, 3.63) is 89.0 Å². The number of ether oxygens (including phenoxy) is 1. The molecular formula is C29H32O5. The van der Waals surface area contributed by atoms with Gasteiger partial charge in [0.05, 0.1) is 12.0 Å². The molecule has 1 unspecified atom stereocenters. The van der Waals surface area contributed by atoms with Gasteiger partial charge in [-0.3, -0.25) is 4.79 Å². The van der Waals surface area contributed by atoms with Crippen LogP contribution in [0.3, 0.4) is 0 Å². The lowest BCUT2D eigenvalue weighted by Crippen LogP contribution is -2.11. The van der Waals surface area contributed by atoms with Gasteiger partial charge in [0.2, 0.25) is 0 Å². The Morgan fingerprint density at radius 2 is 1.59 bits per heavy atom. The van der Waals surface area contributed by atoms with E-state index in [0.29, 0.717) is 18.8 Å². The molecule has 0 radical (unpaired) electrons. The molecule has 0 saturated carbocycles. The van der Waals surface area contributed by atoms with Crippen LogP contribution in [0.4, 0.5) is 0 Å². The van der Waals surface area contributed by atoms with E-state index in [2.05, 4.69) is 45.0 Å². The first-order valence-electron chi connectivity index (χ1n) is 11.5. The first-order valence-corrected chi connectivity index (χ1v) is 11.5. The van der Waals surface area contributed by atoms with Crippen molar-refractivity contribution in [3.63, 3.8) is 0 Å². The van der Waals surface area contributed by atoms with Gasteiger partial charge in [-0.25, -0.2) is 4.79 Å². The fourth-order valence-electron chi connectivity index (χ4n) is 3.96. The molecular weight excluding hydrogens is 428 g/mol. The molecule has 0 bridgehead atoms. The Bertz CT molecular complexity index is 1160. The summed E-state index contributed by atoms with van der Waals surface area (Å²) in [4.78, 5) is 22.9. The topological polar surface area (TPSA) is 83.8 Å². The van der Waals surface area contributed by atoms with Gasteiger partial charge in [0.25, 0.3) is 0 Å². The minimum atomic E-state index is -0.989. The van der Waals surface area contributed by atoms with Crippen molar-refractivity contribution >= 4 is 11.9 Å². The highest BCUT2D eigenvalue weighted by molar-refractivity contribution is 5.89. The highest BCUT2D eigenvalue weighted by Crippen LogP contribution is 2.36. The number of rotatable bonds is 9. The van der Waals surface area contributed by atoms with E-state index in [4.69, 9.17) is 4.74 Å². The van der Waals surface area contributed by atoms with E-state index in [0.717, 1.165) is 22.3 Å². The van der Waals surface area contributed by atoms with E-state index >= 15 is 0 Å². The third kappa shape index (κ3) is 6.25. The third-order valence-electron chi connectivity index (χ3n) is 6.02. The zero-order valence-corrected chi connectivity index (χ0v) is 20.2. The van der Waals surface area contributed by atoms with E-state index in [1.807, 2.05) is 31.2 Å². The Morgan fingerprint density at radius 3 is 2.18 bits per heavy atom. The minimum Gasteiger partial charge on any atom is -0.489 e. The number of aliphatic carboxylic acids is 1. The number of carbonyl (C=O) groups is 2. The largest absolute Gasteiger partial charge is 0.489 e. The molecule has 3 aromatic carbocycles. The molecule has 1 atom stereocenters. The number of aromatic carboxylic acids is 1. The summed E-state index contributed by atoms with van der Waals surface area (Å²) in [5.74, 6) is -1.44. The maximum atomic E-state index is 11.5. The zero-order valence-electron chi connectivity index (χ0n) is 20.2. The molecule has 0 aliphatic heterocycles. The van der Waals surface area contributed by atoms with E-state index in [9.17, 15) is 19.8 Å². The van der Waals surface area contributed by atoms with Crippen molar-refractivity contribution < 1.29 is 24.5 Å². The Labute approximate surface area is 201 Å². The van der Waals surface area contributed by atoms with E-state index in [-0.39, 0.29) is 23.3 Å². The Balaban J connectivity index is 1.93. The van der Waals surface area contributed by atoms with Gasteiger partial charge in [-0.1, -0.05) is 70.2 Å². The van der Waals surface area contributed by atoms with Gasteiger partial charge >= 0.3 is 11.9 Å². The summed E-state index contributed by atoms with van der Waals surface area (Å²) in [7, 11) is 0. The van der Waals surface area contributed by atoms with E-state index in [1.165, 1.54) is 5.56 Å². The van der Waals surface area contributed by atoms with Crippen LogP contribution in [-0.4, -0.2) is 22.2 Å². The highest BCUT2D eigenvalue weighted by atomic mass is 16.5. The van der Waals surface area contributed by atoms with Gasteiger partial charge in [-0.2, -0.15) is 0 Å². The van der Waals surface area contributed by atoms with Gasteiger partial charge in [0.15, 0.2) is 0 Å². The SMILES string of the molecule is CCC(CC(=O)O)c1cc(-c2cccc(C(=O)O)c2)ccc1OCc1ccc(C(C)(C)C)cc1. The lowest BCUT2D eigenvalue weighted by molar-refractivity contribution is -0.137. The molecule has 0 aromatic heterocycles. The summed E-state index contributed by atoms with van der Waals surface area (Å²) in [6.07, 6.45) is 0.632. The van der Waals surface area contributed by atoms with Crippen LogP contribution in [0.5, 0.6) is 5.75 Å². The van der Waals surface area contributed by atoms with Crippen LogP contribution in [0, 0.1) is 0 Å². The Hall–Kier alpha value is -3.60. The lowest BCUT2D eigenvalue weighted by Gasteiger charge is -2.21. The predicted molar refractivity (Wildman–Crippen MR) is 134 cm³/mol. The fourth-order valence-corrected chi connectivity index (χ4v) is 3.96. The van der Waals surface area contributed by atoms with Crippen LogP contribution in [0.25, 0.3) is 11.1 Å². The summed E-state index contributed by atoms with van der Waals surface area (Å²) < 4.78 is 6.18. The van der Waals surface area contributed by atoms with Crippen molar-refractivity contribution in [2.75, 3.05) is 0 Å². The van der Waals surface area contributed by atoms with Crippen LogP contribution >= 0.6 is 0 Å². The van der Waals surface area contributed by atoms with Gasteiger partial charge in [-0.05, 0) is 69.8 Å². The summed E-state index contributed by atoms with van der Waals surface area (Å²) in [6, 6.07) is 20.7. The second-order valence-electron chi connectivity index (χ2n) is 9.58. The molecule has 0 amide bonds.